The van der Waals surface area contributed by atoms with Crippen molar-refractivity contribution < 1.29 is 6.85 Å². The maximum Gasteiger partial charge on any atom is 0.0476 e. The van der Waals surface area contributed by atoms with Crippen molar-refractivity contribution in [1.82, 2.24) is 0 Å². The lowest BCUT2D eigenvalue weighted by atomic mass is 10.1. The van der Waals surface area contributed by atoms with Gasteiger partial charge in [0, 0.05) is 14.9 Å². The van der Waals surface area contributed by atoms with Gasteiger partial charge >= 0.3 is 0 Å². The number of rotatable bonds is 1. The molecule has 1 aliphatic rings. The van der Waals surface area contributed by atoms with E-state index in [1.165, 1.54) is 0 Å². The fraction of sp³-hybridized carbons (Fsp3) is 1.00. The summed E-state index contributed by atoms with van der Waals surface area (Å²) in [6.07, 6.45) is -0.458. The molecule has 0 aliphatic carbocycles. The zero-order chi connectivity index (χ0) is 11.2. The quantitative estimate of drug-likeness (QED) is 0.500. The molecule has 0 spiro atoms. The maximum absolute atomic E-state index is 7.62. The largest absolute Gasteiger partial charge is 0.0693 e. The van der Waals surface area contributed by atoms with Crippen LogP contribution in [0.25, 0.3) is 0 Å². The van der Waals surface area contributed by atoms with Gasteiger partial charge in [0.25, 0.3) is 0 Å². The third-order valence-electron chi connectivity index (χ3n) is 2.15. The van der Waals surface area contributed by atoms with E-state index in [1.54, 1.807) is 6.92 Å². The minimum Gasteiger partial charge on any atom is -0.0693 e. The average Bonchev–Trinajstić information content (AvgIpc) is 2.29. The highest BCUT2D eigenvalue weighted by molar-refractivity contribution is 6.78. The fourth-order valence-electron chi connectivity index (χ4n) is 1.49. The van der Waals surface area contributed by atoms with Crippen LogP contribution in [0.3, 0.4) is 0 Å². The smallest absolute Gasteiger partial charge is 0.0476 e. The van der Waals surface area contributed by atoms with Gasteiger partial charge in [0.15, 0.2) is 0 Å². The molecule has 0 nitrogen and oxygen atoms in total. The van der Waals surface area contributed by atoms with E-state index < -0.39 is 20.9 Å². The van der Waals surface area contributed by atoms with E-state index in [-0.39, 0.29) is 5.92 Å². The Morgan fingerprint density at radius 2 is 2.67 bits per heavy atom. The topological polar surface area (TPSA) is 0 Å². The third kappa shape index (κ3) is 1.82. The Morgan fingerprint density at radius 3 is 3.00 bits per heavy atom. The molecule has 1 heterocycles. The van der Waals surface area contributed by atoms with E-state index in [4.69, 9.17) is 6.85 Å². The molecule has 0 N–H and O–H groups in total. The Balaban J connectivity index is 2.75. The Kier molecular flexibility index (Phi) is 0.838. The highest BCUT2D eigenvalue weighted by atomic mass is 28.3. The van der Waals surface area contributed by atoms with Gasteiger partial charge in [0.1, 0.15) is 0 Å². The van der Waals surface area contributed by atoms with Crippen molar-refractivity contribution in [2.75, 3.05) is 0 Å². The van der Waals surface area contributed by atoms with Gasteiger partial charge in [-0.2, -0.15) is 0 Å². The summed E-state index contributed by atoms with van der Waals surface area (Å²) in [5, 5.41) is 0. The lowest BCUT2D eigenvalue weighted by Crippen LogP contribution is -2.19. The van der Waals surface area contributed by atoms with Gasteiger partial charge < -0.3 is 0 Å². The molecule has 2 atom stereocenters. The van der Waals surface area contributed by atoms with Crippen LogP contribution in [0.5, 0.6) is 0 Å². The molecular formula is C8H18Si. The van der Waals surface area contributed by atoms with Crippen molar-refractivity contribution in [3.63, 3.8) is 0 Å². The van der Waals surface area contributed by atoms with Crippen LogP contribution in [0.15, 0.2) is 0 Å². The second-order valence-electron chi connectivity index (χ2n) is 3.29. The van der Waals surface area contributed by atoms with Gasteiger partial charge in [0.2, 0.25) is 0 Å². The molecule has 0 aromatic rings. The van der Waals surface area contributed by atoms with Gasteiger partial charge in [-0.1, -0.05) is 44.8 Å². The number of hydrogen-bond donors (Lipinski definition) is 0. The molecule has 0 aromatic heterocycles. The average molecular weight is 147 g/mol. The van der Waals surface area contributed by atoms with E-state index in [0.717, 1.165) is 12.5 Å². The second kappa shape index (κ2) is 2.45. The molecule has 0 amide bonds. The Morgan fingerprint density at radius 1 is 1.89 bits per heavy atom. The zero-order valence-corrected chi connectivity index (χ0v) is 7.20. The first-order valence-electron chi connectivity index (χ1n) is 6.06. The van der Waals surface area contributed by atoms with Crippen molar-refractivity contribution in [2.45, 2.75) is 44.8 Å². The molecule has 1 aliphatic heterocycles. The second-order valence-corrected chi connectivity index (χ2v) is 7.32. The highest BCUT2D eigenvalue weighted by Gasteiger charge is 2.31. The molecule has 1 saturated heterocycles. The van der Waals surface area contributed by atoms with Gasteiger partial charge in [-0.3, -0.25) is 0 Å². The van der Waals surface area contributed by atoms with Gasteiger partial charge in [0.05, 0.1) is 0 Å². The molecule has 2 unspecified atom stereocenters. The third-order valence-corrected chi connectivity index (χ3v) is 4.94. The SMILES string of the molecule is [2H]C([2H])(C)C1CC[Si](C)(C([2H])([2H])[2H])C1. The van der Waals surface area contributed by atoms with E-state index in [0.29, 0.717) is 6.04 Å². The summed E-state index contributed by atoms with van der Waals surface area (Å²) in [4.78, 5) is 0. The van der Waals surface area contributed by atoms with Crippen LogP contribution in [-0.4, -0.2) is 8.07 Å². The molecule has 9 heavy (non-hydrogen) atoms. The van der Waals surface area contributed by atoms with E-state index >= 15 is 0 Å². The first kappa shape index (κ1) is 3.08. The molecule has 0 radical (unpaired) electrons. The van der Waals surface area contributed by atoms with Crippen LogP contribution >= 0.6 is 0 Å². The monoisotopic (exact) mass is 147 g/mol. The first-order chi connectivity index (χ1) is 6.06. The minimum absolute atomic E-state index is 0.0420. The normalized spacial score (nSPS) is 54.9. The molecule has 1 fully saturated rings. The van der Waals surface area contributed by atoms with E-state index in [2.05, 4.69) is 0 Å². The molecule has 0 aromatic carbocycles. The lowest BCUT2D eigenvalue weighted by molar-refractivity contribution is 0.569. The summed E-state index contributed by atoms with van der Waals surface area (Å²) in [5.74, 6) is -0.0420. The van der Waals surface area contributed by atoms with Crippen molar-refractivity contribution in [3.8, 4) is 0 Å². The van der Waals surface area contributed by atoms with Crippen LogP contribution < -0.4 is 0 Å². The molecular weight excluding hydrogens is 124 g/mol. The number of hydrogen-bond acceptors (Lipinski definition) is 0. The summed E-state index contributed by atoms with van der Waals surface area (Å²) >= 11 is 0. The van der Waals surface area contributed by atoms with Gasteiger partial charge in [-0.05, 0) is 5.92 Å². The molecule has 1 rings (SSSR count). The van der Waals surface area contributed by atoms with Crippen LogP contribution in [0.2, 0.25) is 25.1 Å². The van der Waals surface area contributed by atoms with Gasteiger partial charge in [-0.25, -0.2) is 0 Å². The predicted molar refractivity (Wildman–Crippen MR) is 45.5 cm³/mol. The van der Waals surface area contributed by atoms with Crippen molar-refractivity contribution in [2.24, 2.45) is 5.92 Å². The molecule has 54 valence electrons. The Labute approximate surface area is 66.7 Å². The molecule has 0 bridgehead atoms. The zero-order valence-electron chi connectivity index (χ0n) is 11.2. The van der Waals surface area contributed by atoms with Crippen LogP contribution in [0.4, 0.5) is 0 Å². The predicted octanol–water partition coefficient (Wildman–Crippen LogP) is 3.12. The molecule has 1 heteroatoms. The van der Waals surface area contributed by atoms with Crippen molar-refractivity contribution in [3.05, 3.63) is 0 Å². The fourth-order valence-corrected chi connectivity index (χ4v) is 4.17. The van der Waals surface area contributed by atoms with Gasteiger partial charge in [-0.15, -0.1) is 0 Å². The Bertz CT molecular complexity index is 219. The summed E-state index contributed by atoms with van der Waals surface area (Å²) in [5.41, 5.74) is 0. The highest BCUT2D eigenvalue weighted by Crippen LogP contribution is 2.36. The van der Waals surface area contributed by atoms with E-state index in [1.807, 2.05) is 6.55 Å². The first-order valence-corrected chi connectivity index (χ1v) is 6.48. The standard InChI is InChI=1S/C8H18Si/c1-4-8-5-6-9(2,3)7-8/h8H,4-7H2,1-3H3/i2D3,4D2. The molecule has 0 saturated carbocycles. The lowest BCUT2D eigenvalue weighted by Gasteiger charge is -2.13. The Hall–Kier alpha value is 0.217. The summed E-state index contributed by atoms with van der Waals surface area (Å²) < 4.78 is 37.7. The van der Waals surface area contributed by atoms with E-state index in [9.17, 15) is 0 Å². The van der Waals surface area contributed by atoms with Crippen molar-refractivity contribution in [1.29, 1.82) is 0 Å². The summed E-state index contributed by atoms with van der Waals surface area (Å²) in [6, 6.07) is 1.37. The summed E-state index contributed by atoms with van der Waals surface area (Å²) in [7, 11) is -2.20. The van der Waals surface area contributed by atoms with Crippen LogP contribution in [0.1, 0.15) is 26.6 Å². The summed E-state index contributed by atoms with van der Waals surface area (Å²) in [6.45, 7) is 1.65. The van der Waals surface area contributed by atoms with Crippen LogP contribution in [0, 0.1) is 5.92 Å². The minimum atomic E-state index is -2.20. The van der Waals surface area contributed by atoms with Crippen molar-refractivity contribution >= 4 is 8.07 Å². The van der Waals surface area contributed by atoms with Crippen LogP contribution in [-0.2, 0) is 0 Å². The maximum atomic E-state index is 7.62.